The van der Waals surface area contributed by atoms with Crippen LogP contribution in [0, 0.1) is 0 Å². The summed E-state index contributed by atoms with van der Waals surface area (Å²) in [6.07, 6.45) is 2.01. The van der Waals surface area contributed by atoms with E-state index in [0.717, 1.165) is 0 Å². The molecule has 9 nitrogen and oxygen atoms in total. The Morgan fingerprint density at radius 2 is 2.37 bits per heavy atom. The van der Waals surface area contributed by atoms with Gasteiger partial charge in [0.25, 0.3) is 5.91 Å². The van der Waals surface area contributed by atoms with Gasteiger partial charge in [-0.15, -0.1) is 0 Å². The van der Waals surface area contributed by atoms with Crippen LogP contribution in [0.5, 0.6) is 5.88 Å². The second-order valence-corrected chi connectivity index (χ2v) is 5.96. The van der Waals surface area contributed by atoms with E-state index in [1.54, 1.807) is 18.3 Å². The van der Waals surface area contributed by atoms with E-state index in [1.165, 1.54) is 23.9 Å². The Kier molecular flexibility index (Phi) is 3.41. The summed E-state index contributed by atoms with van der Waals surface area (Å²) in [4.78, 5) is 21.0. The number of anilines is 3. The number of rotatable bonds is 6. The number of carbonyl (C=O) groups is 1. The average molecular weight is 374 g/mol. The first-order chi connectivity index (χ1) is 14.2. The fourth-order valence-corrected chi connectivity index (χ4v) is 2.62. The zero-order valence-electron chi connectivity index (χ0n) is 17.2. The van der Waals surface area contributed by atoms with E-state index in [1.807, 2.05) is 0 Å². The maximum Gasteiger partial charge on any atom is 0.257 e. The predicted octanol–water partition coefficient (Wildman–Crippen LogP) is 1.76. The molecular formula is C17H18FN7O2. The zero-order valence-corrected chi connectivity index (χ0v) is 14.2. The summed E-state index contributed by atoms with van der Waals surface area (Å²) in [5.41, 5.74) is 0.674. The molecule has 0 unspecified atom stereocenters. The highest BCUT2D eigenvalue weighted by Gasteiger charge is 2.39. The first kappa shape index (κ1) is 13.7. The Morgan fingerprint density at radius 1 is 1.52 bits per heavy atom. The fraction of sp³-hybridized carbons (Fsp3) is 0.294. The summed E-state index contributed by atoms with van der Waals surface area (Å²) in [5, 5.41) is 12.0. The van der Waals surface area contributed by atoms with Gasteiger partial charge in [-0.1, -0.05) is 0 Å². The number of fused-ring (bicyclic) bond motifs is 1. The van der Waals surface area contributed by atoms with Crippen molar-refractivity contribution in [1.29, 1.82) is 0 Å². The number of amides is 1. The number of aromatic nitrogens is 4. The van der Waals surface area contributed by atoms with Crippen LogP contribution in [0.3, 0.4) is 0 Å². The summed E-state index contributed by atoms with van der Waals surface area (Å²) in [5.74, 6) is 0.0707. The lowest BCUT2D eigenvalue weighted by atomic mass is 10.3. The molecule has 3 aromatic rings. The molecule has 10 heteroatoms. The number of carbonyl (C=O) groups excluding carboxylic acids is 1. The largest absolute Gasteiger partial charge is 0.480 e. The molecule has 3 heterocycles. The monoisotopic (exact) mass is 374 g/mol. The normalized spacial score (nSPS) is 20.3. The number of ether oxygens (including phenoxy) is 1. The number of pyridine rings is 1. The van der Waals surface area contributed by atoms with E-state index in [2.05, 4.69) is 31.0 Å². The number of hydrogen-bond acceptors (Lipinski definition) is 7. The van der Waals surface area contributed by atoms with E-state index in [0.29, 0.717) is 11.6 Å². The molecule has 0 aliphatic heterocycles. The molecule has 0 saturated heterocycles. The Morgan fingerprint density at radius 3 is 3.11 bits per heavy atom. The third-order valence-electron chi connectivity index (χ3n) is 4.10. The third-order valence-corrected chi connectivity index (χ3v) is 4.10. The molecule has 1 saturated carbocycles. The van der Waals surface area contributed by atoms with Crippen molar-refractivity contribution in [1.82, 2.24) is 24.9 Å². The van der Waals surface area contributed by atoms with Crippen LogP contribution in [-0.2, 0) is 0 Å². The summed E-state index contributed by atoms with van der Waals surface area (Å²) >= 11 is 0. The van der Waals surface area contributed by atoms with Crippen molar-refractivity contribution >= 4 is 28.9 Å². The molecule has 1 aliphatic rings. The van der Waals surface area contributed by atoms with Crippen LogP contribution in [0.4, 0.5) is 21.7 Å². The van der Waals surface area contributed by atoms with Crippen LogP contribution in [0.25, 0.3) is 5.65 Å². The summed E-state index contributed by atoms with van der Waals surface area (Å²) in [7, 11) is 1.46. The molecule has 0 aromatic carbocycles. The van der Waals surface area contributed by atoms with Gasteiger partial charge in [0, 0.05) is 29.8 Å². The molecule has 140 valence electrons. The van der Waals surface area contributed by atoms with Gasteiger partial charge in [0.05, 0.1) is 19.3 Å². The van der Waals surface area contributed by atoms with Gasteiger partial charge >= 0.3 is 0 Å². The molecular weight excluding hydrogens is 353 g/mol. The third kappa shape index (κ3) is 3.21. The maximum absolute atomic E-state index is 13.2. The van der Waals surface area contributed by atoms with Gasteiger partial charge in [0.2, 0.25) is 5.88 Å². The minimum absolute atomic E-state index is 0.0826. The van der Waals surface area contributed by atoms with Crippen LogP contribution in [0.15, 0.2) is 30.6 Å². The van der Waals surface area contributed by atoms with Gasteiger partial charge < -0.3 is 20.7 Å². The summed E-state index contributed by atoms with van der Waals surface area (Å²) in [6.45, 7) is -2.51. The van der Waals surface area contributed by atoms with Crippen LogP contribution in [0.1, 0.15) is 20.9 Å². The number of hydrogen-bond donors (Lipinski definition) is 3. The Labute approximate surface area is 158 Å². The highest BCUT2D eigenvalue weighted by atomic mass is 19.1. The van der Waals surface area contributed by atoms with Crippen molar-refractivity contribution in [3.8, 4) is 5.88 Å². The van der Waals surface area contributed by atoms with Crippen LogP contribution in [0.2, 0.25) is 0 Å². The lowest BCUT2D eigenvalue weighted by Crippen LogP contribution is -2.27. The first-order valence-electron chi connectivity index (χ1n) is 9.63. The quantitative estimate of drug-likeness (QED) is 0.604. The van der Waals surface area contributed by atoms with E-state index in [9.17, 15) is 9.18 Å². The van der Waals surface area contributed by atoms with Crippen molar-refractivity contribution in [2.75, 3.05) is 24.7 Å². The van der Waals surface area contributed by atoms with Gasteiger partial charge in [0.1, 0.15) is 29.1 Å². The van der Waals surface area contributed by atoms with Crippen molar-refractivity contribution in [3.63, 3.8) is 0 Å². The Hall–Kier alpha value is -3.43. The number of halogens is 1. The standard InChI is InChI=1S/C17H18FN7O2/c1-19-14-7-13(22-11-4-3-5-20-17(11)27-2)24-15-9(8-21-25(14)15)16(26)23-12-6-10(12)18/h3-5,7-8,10,12,19H,6H2,1-2H3,(H,22,24)(H,23,26)/t10-,12+/m0/s1/i1D3. The van der Waals surface area contributed by atoms with E-state index >= 15 is 0 Å². The molecule has 1 fully saturated rings. The minimum atomic E-state index is -2.51. The van der Waals surface area contributed by atoms with Gasteiger partial charge in [-0.05, 0) is 12.1 Å². The molecule has 0 bridgehead atoms. The topological polar surface area (TPSA) is 105 Å². The van der Waals surface area contributed by atoms with Crippen molar-refractivity contribution in [2.45, 2.75) is 18.6 Å². The van der Waals surface area contributed by atoms with E-state index < -0.39 is 25.1 Å². The van der Waals surface area contributed by atoms with Gasteiger partial charge in [0.15, 0.2) is 5.65 Å². The summed E-state index contributed by atoms with van der Waals surface area (Å²) < 4.78 is 42.1. The molecule has 4 rings (SSSR count). The summed E-state index contributed by atoms with van der Waals surface area (Å²) in [6, 6.07) is 4.28. The van der Waals surface area contributed by atoms with E-state index in [-0.39, 0.29) is 29.3 Å². The van der Waals surface area contributed by atoms with Crippen LogP contribution in [-0.4, -0.2) is 51.8 Å². The fourth-order valence-electron chi connectivity index (χ4n) is 2.62. The van der Waals surface area contributed by atoms with Crippen LogP contribution >= 0.6 is 0 Å². The highest BCUT2D eigenvalue weighted by molar-refractivity contribution is 6.00. The van der Waals surface area contributed by atoms with Gasteiger partial charge in [-0.2, -0.15) is 9.61 Å². The molecule has 0 radical (unpaired) electrons. The molecule has 3 aromatic heterocycles. The lowest BCUT2D eigenvalue weighted by Gasteiger charge is -2.12. The number of alkyl halides is 1. The lowest BCUT2D eigenvalue weighted by molar-refractivity contribution is 0.0949. The molecule has 3 N–H and O–H groups in total. The number of methoxy groups -OCH3 is 1. The van der Waals surface area contributed by atoms with Crippen molar-refractivity contribution in [2.24, 2.45) is 0 Å². The molecule has 1 aliphatic carbocycles. The smallest absolute Gasteiger partial charge is 0.257 e. The van der Waals surface area contributed by atoms with E-state index in [4.69, 9.17) is 8.85 Å². The SMILES string of the molecule is [2H]C([2H])([2H])Nc1cc(Nc2cccnc2OC)nc2c(C(=O)N[C@@H]3C[C@@H]3F)cnn12. The average Bonchev–Trinajstić information content (AvgIpc) is 3.19. The number of nitrogens with one attached hydrogen (secondary N) is 3. The molecule has 0 spiro atoms. The molecule has 2 atom stereocenters. The Balaban J connectivity index is 1.75. The molecule has 27 heavy (non-hydrogen) atoms. The van der Waals surface area contributed by atoms with Gasteiger partial charge in [-0.3, -0.25) is 4.79 Å². The van der Waals surface area contributed by atoms with Gasteiger partial charge in [-0.25, -0.2) is 14.4 Å². The van der Waals surface area contributed by atoms with Crippen molar-refractivity contribution < 1.29 is 18.0 Å². The second kappa shape index (κ2) is 6.71. The first-order valence-corrected chi connectivity index (χ1v) is 8.13. The Bertz CT molecular complexity index is 1100. The molecule has 1 amide bonds. The minimum Gasteiger partial charge on any atom is -0.480 e. The van der Waals surface area contributed by atoms with Crippen LogP contribution < -0.4 is 20.7 Å². The second-order valence-electron chi connectivity index (χ2n) is 5.96. The highest BCUT2D eigenvalue weighted by Crippen LogP contribution is 2.28. The zero-order chi connectivity index (χ0) is 21.5. The number of nitrogens with zero attached hydrogens (tertiary/aromatic N) is 4. The van der Waals surface area contributed by atoms with Crippen molar-refractivity contribution in [3.05, 3.63) is 36.2 Å². The predicted molar refractivity (Wildman–Crippen MR) is 97.4 cm³/mol. The maximum atomic E-state index is 13.2.